The van der Waals surface area contributed by atoms with Crippen LogP contribution in [0.2, 0.25) is 5.02 Å². The lowest BCUT2D eigenvalue weighted by Crippen LogP contribution is -2.24. The molecule has 2 aromatic rings. The predicted octanol–water partition coefficient (Wildman–Crippen LogP) is 5.47. The molecule has 0 unspecified atom stereocenters. The first-order valence-electron chi connectivity index (χ1n) is 10.3. The Kier molecular flexibility index (Phi) is 10.5. The molecule has 0 spiro atoms. The maximum Gasteiger partial charge on any atom is 0.249 e. The molecule has 0 radical (unpaired) electrons. The maximum atomic E-state index is 12.1. The second kappa shape index (κ2) is 13.1. The Labute approximate surface area is 201 Å². The molecule has 2 amide bonds. The Morgan fingerprint density at radius 3 is 2.62 bits per heavy atom. The molecule has 0 saturated carbocycles. The van der Waals surface area contributed by atoms with E-state index in [4.69, 9.17) is 21.1 Å². The Morgan fingerprint density at radius 2 is 1.94 bits per heavy atom. The highest BCUT2D eigenvalue weighted by molar-refractivity contribution is 9.10. The number of halogens is 2. The van der Waals surface area contributed by atoms with Gasteiger partial charge in [0.25, 0.3) is 0 Å². The minimum Gasteiger partial charge on any atom is -0.490 e. The first-order valence-corrected chi connectivity index (χ1v) is 11.5. The van der Waals surface area contributed by atoms with E-state index in [1.54, 1.807) is 24.3 Å². The monoisotopic (exact) mass is 523 g/mol. The fourth-order valence-electron chi connectivity index (χ4n) is 2.62. The summed E-state index contributed by atoms with van der Waals surface area (Å²) in [5, 5.41) is 7.10. The van der Waals surface area contributed by atoms with Crippen LogP contribution in [0.4, 0.5) is 5.69 Å². The Morgan fingerprint density at radius 1 is 1.16 bits per heavy atom. The third kappa shape index (κ3) is 8.16. The zero-order valence-corrected chi connectivity index (χ0v) is 20.7. The number of rotatable bonds is 11. The molecule has 0 saturated heterocycles. The number of nitrogens with one attached hydrogen (secondary N) is 2. The first kappa shape index (κ1) is 25.7. The van der Waals surface area contributed by atoms with Crippen LogP contribution in [0.3, 0.4) is 0 Å². The lowest BCUT2D eigenvalue weighted by molar-refractivity contribution is -0.126. The number of anilines is 1. The Balaban J connectivity index is 1.94. The van der Waals surface area contributed by atoms with Crippen molar-refractivity contribution in [2.75, 3.05) is 18.5 Å². The van der Waals surface area contributed by atoms with E-state index >= 15 is 0 Å². The topological polar surface area (TPSA) is 89.0 Å². The van der Waals surface area contributed by atoms with Gasteiger partial charge in [-0.25, -0.2) is 5.43 Å². The van der Waals surface area contributed by atoms with Gasteiger partial charge in [-0.2, -0.15) is 5.10 Å². The molecule has 0 aliphatic heterocycles. The predicted molar refractivity (Wildman–Crippen MR) is 131 cm³/mol. The number of amides is 2. The van der Waals surface area contributed by atoms with E-state index in [1.165, 1.54) is 6.21 Å². The van der Waals surface area contributed by atoms with Crippen LogP contribution in [0.15, 0.2) is 39.9 Å². The highest BCUT2D eigenvalue weighted by Crippen LogP contribution is 2.36. The molecule has 0 fully saturated rings. The van der Waals surface area contributed by atoms with Crippen molar-refractivity contribution in [3.05, 3.63) is 51.0 Å². The van der Waals surface area contributed by atoms with E-state index in [2.05, 4.69) is 38.7 Å². The summed E-state index contributed by atoms with van der Waals surface area (Å²) in [4.78, 5) is 24.1. The molecule has 0 aliphatic rings. The number of carbonyl (C=O) groups excluding carboxylic acids is 2. The number of hydrazone groups is 1. The van der Waals surface area contributed by atoms with Crippen molar-refractivity contribution < 1.29 is 19.1 Å². The molecular formula is C23H27BrClN3O4. The molecule has 2 rings (SSSR count). The van der Waals surface area contributed by atoms with Gasteiger partial charge in [0, 0.05) is 10.7 Å². The van der Waals surface area contributed by atoms with Gasteiger partial charge < -0.3 is 14.8 Å². The summed E-state index contributed by atoms with van der Waals surface area (Å²) < 4.78 is 12.2. The van der Waals surface area contributed by atoms with E-state index in [9.17, 15) is 9.59 Å². The smallest absolute Gasteiger partial charge is 0.249 e. The van der Waals surface area contributed by atoms with Gasteiger partial charge in [0.1, 0.15) is 6.42 Å². The molecule has 0 heterocycles. The van der Waals surface area contributed by atoms with Gasteiger partial charge in [-0.1, -0.05) is 31.0 Å². The third-order valence-electron chi connectivity index (χ3n) is 4.26. The van der Waals surface area contributed by atoms with Gasteiger partial charge in [-0.15, -0.1) is 0 Å². The second-order valence-electron chi connectivity index (χ2n) is 6.95. The van der Waals surface area contributed by atoms with Crippen LogP contribution in [0.25, 0.3) is 0 Å². The Bertz CT molecular complexity index is 982. The summed E-state index contributed by atoms with van der Waals surface area (Å²) in [6, 6.07) is 8.73. The Hall–Kier alpha value is -2.58. The number of nitrogens with zero attached hydrogens (tertiary/aromatic N) is 1. The van der Waals surface area contributed by atoms with Crippen molar-refractivity contribution in [1.29, 1.82) is 0 Å². The van der Waals surface area contributed by atoms with Gasteiger partial charge in [-0.3, -0.25) is 9.59 Å². The molecule has 32 heavy (non-hydrogen) atoms. The summed E-state index contributed by atoms with van der Waals surface area (Å²) in [7, 11) is 0. The maximum absolute atomic E-state index is 12.1. The standard InChI is InChI=1S/C23H27BrClN3O4/c1-4-6-9-32-23-18(24)10-16(11-20(23)31-5-2)14-26-28-22(30)13-21(29)27-17-8-7-15(3)19(25)12-17/h7-8,10-12,14H,4-6,9,13H2,1-3H3,(H,27,29)(H,28,30). The zero-order chi connectivity index (χ0) is 23.5. The van der Waals surface area contributed by atoms with Crippen molar-refractivity contribution in [3.8, 4) is 11.5 Å². The highest BCUT2D eigenvalue weighted by Gasteiger charge is 2.12. The van der Waals surface area contributed by atoms with E-state index in [-0.39, 0.29) is 6.42 Å². The van der Waals surface area contributed by atoms with Crippen LogP contribution in [0, 0.1) is 6.92 Å². The fourth-order valence-corrected chi connectivity index (χ4v) is 3.38. The normalized spacial score (nSPS) is 10.8. The number of hydrogen-bond acceptors (Lipinski definition) is 5. The average Bonchev–Trinajstić information content (AvgIpc) is 2.73. The molecule has 0 atom stereocenters. The minimum atomic E-state index is -0.541. The molecule has 7 nitrogen and oxygen atoms in total. The molecule has 9 heteroatoms. The van der Waals surface area contributed by atoms with Crippen LogP contribution in [-0.4, -0.2) is 31.2 Å². The van der Waals surface area contributed by atoms with E-state index in [0.717, 1.165) is 22.9 Å². The summed E-state index contributed by atoms with van der Waals surface area (Å²) in [5.41, 5.74) is 4.47. The molecule has 0 aromatic heterocycles. The lowest BCUT2D eigenvalue weighted by atomic mass is 10.2. The zero-order valence-electron chi connectivity index (χ0n) is 18.3. The van der Waals surface area contributed by atoms with Crippen molar-refractivity contribution in [2.24, 2.45) is 5.10 Å². The lowest BCUT2D eigenvalue weighted by Gasteiger charge is -2.14. The van der Waals surface area contributed by atoms with E-state index in [0.29, 0.717) is 41.0 Å². The fraction of sp³-hybridized carbons (Fsp3) is 0.348. The molecule has 0 bridgehead atoms. The van der Waals surface area contributed by atoms with Crippen LogP contribution < -0.4 is 20.2 Å². The van der Waals surface area contributed by atoms with Crippen molar-refractivity contribution in [2.45, 2.75) is 40.0 Å². The quantitative estimate of drug-likeness (QED) is 0.177. The molecule has 172 valence electrons. The van der Waals surface area contributed by atoms with Gasteiger partial charge in [0.2, 0.25) is 11.8 Å². The van der Waals surface area contributed by atoms with Crippen LogP contribution in [0.1, 0.15) is 44.2 Å². The summed E-state index contributed by atoms with van der Waals surface area (Å²) >= 11 is 9.54. The first-order chi connectivity index (χ1) is 15.3. The number of hydrogen-bond donors (Lipinski definition) is 2. The van der Waals surface area contributed by atoms with Crippen LogP contribution in [0.5, 0.6) is 11.5 Å². The summed E-state index contributed by atoms with van der Waals surface area (Å²) in [6.07, 6.45) is 3.07. The second-order valence-corrected chi connectivity index (χ2v) is 8.21. The van der Waals surface area contributed by atoms with Gasteiger partial charge in [0.15, 0.2) is 11.5 Å². The van der Waals surface area contributed by atoms with Gasteiger partial charge >= 0.3 is 0 Å². The van der Waals surface area contributed by atoms with Gasteiger partial charge in [-0.05, 0) is 71.6 Å². The van der Waals surface area contributed by atoms with E-state index < -0.39 is 11.8 Å². The van der Waals surface area contributed by atoms with Crippen LogP contribution in [-0.2, 0) is 9.59 Å². The highest BCUT2D eigenvalue weighted by atomic mass is 79.9. The SMILES string of the molecule is CCCCOc1c(Br)cc(C=NNC(=O)CC(=O)Nc2ccc(C)c(Cl)c2)cc1OCC. The van der Waals surface area contributed by atoms with E-state index in [1.807, 2.05) is 19.9 Å². The molecular weight excluding hydrogens is 498 g/mol. The number of unbranched alkanes of at least 4 members (excludes halogenated alkanes) is 1. The number of ether oxygens (including phenoxy) is 2. The largest absolute Gasteiger partial charge is 0.490 e. The number of carbonyl (C=O) groups is 2. The molecule has 2 N–H and O–H groups in total. The number of benzene rings is 2. The van der Waals surface area contributed by atoms with Crippen molar-refractivity contribution in [3.63, 3.8) is 0 Å². The molecule has 2 aromatic carbocycles. The van der Waals surface area contributed by atoms with Crippen LogP contribution >= 0.6 is 27.5 Å². The number of aryl methyl sites for hydroxylation is 1. The van der Waals surface area contributed by atoms with Crippen molar-refractivity contribution in [1.82, 2.24) is 5.43 Å². The average molecular weight is 525 g/mol. The van der Waals surface area contributed by atoms with Gasteiger partial charge in [0.05, 0.1) is 23.9 Å². The third-order valence-corrected chi connectivity index (χ3v) is 5.25. The minimum absolute atomic E-state index is 0.374. The van der Waals surface area contributed by atoms with Crippen molar-refractivity contribution >= 4 is 51.2 Å². The summed E-state index contributed by atoms with van der Waals surface area (Å²) in [6.45, 7) is 6.92. The summed E-state index contributed by atoms with van der Waals surface area (Å²) in [5.74, 6) is 0.212. The molecule has 0 aliphatic carbocycles.